The number of nitrogens with one attached hydrogen (secondary N) is 1. The monoisotopic (exact) mass is 459 g/mol. The van der Waals surface area contributed by atoms with E-state index in [1.165, 1.54) is 5.56 Å². The zero-order valence-electron chi connectivity index (χ0n) is 19.2. The van der Waals surface area contributed by atoms with Gasteiger partial charge in [-0.3, -0.25) is 4.79 Å². The van der Waals surface area contributed by atoms with E-state index in [1.54, 1.807) is 12.3 Å². The molecular weight excluding hydrogens is 434 g/mol. The largest absolute Gasteiger partial charge is 0.493 e. The van der Waals surface area contributed by atoms with Crippen LogP contribution < -0.4 is 10.1 Å². The number of allylic oxidation sites excluding steroid dienone is 1. The standard InChI is InChI=1S/C28H26ClNO3/c1-5-32-26-15-27-24(25(16-33-27)20-7-9-21(29)10-8-20)14-23(26)19(4)13-28(31)30-22-11-6-17(2)18(3)12-22/h6-16H,5H2,1-4H3,(H,30,31)/b19-13+. The average Bonchev–Trinajstić information content (AvgIpc) is 3.19. The number of halogens is 1. The Kier molecular flexibility index (Phi) is 6.57. The van der Waals surface area contributed by atoms with E-state index in [1.807, 2.05) is 82.3 Å². The Balaban J connectivity index is 1.71. The van der Waals surface area contributed by atoms with E-state index < -0.39 is 0 Å². The fourth-order valence-corrected chi connectivity index (χ4v) is 3.89. The van der Waals surface area contributed by atoms with E-state index >= 15 is 0 Å². The van der Waals surface area contributed by atoms with Crippen LogP contribution in [-0.2, 0) is 4.79 Å². The number of hydrogen-bond donors (Lipinski definition) is 1. The van der Waals surface area contributed by atoms with Gasteiger partial charge in [0.05, 0.1) is 12.9 Å². The number of hydrogen-bond acceptors (Lipinski definition) is 3. The minimum absolute atomic E-state index is 0.191. The van der Waals surface area contributed by atoms with E-state index in [9.17, 15) is 4.79 Å². The molecule has 1 amide bonds. The molecule has 0 aliphatic rings. The van der Waals surface area contributed by atoms with Crippen LogP contribution in [0.5, 0.6) is 5.75 Å². The lowest BCUT2D eigenvalue weighted by molar-refractivity contribution is -0.111. The third-order valence-electron chi connectivity index (χ3n) is 5.68. The van der Waals surface area contributed by atoms with Crippen LogP contribution >= 0.6 is 11.6 Å². The lowest BCUT2D eigenvalue weighted by atomic mass is 9.99. The molecule has 0 bridgehead atoms. The second-order valence-corrected chi connectivity index (χ2v) is 8.49. The van der Waals surface area contributed by atoms with Crippen molar-refractivity contribution >= 4 is 39.7 Å². The van der Waals surface area contributed by atoms with E-state index in [2.05, 4.69) is 5.32 Å². The molecule has 1 aromatic heterocycles. The second kappa shape index (κ2) is 9.55. The van der Waals surface area contributed by atoms with Crippen molar-refractivity contribution in [3.63, 3.8) is 0 Å². The zero-order chi connectivity index (χ0) is 23.5. The number of amides is 1. The summed E-state index contributed by atoms with van der Waals surface area (Å²) in [5.41, 5.74) is 7.41. The summed E-state index contributed by atoms with van der Waals surface area (Å²) in [6.07, 6.45) is 3.33. The Morgan fingerprint density at radius 1 is 1.06 bits per heavy atom. The van der Waals surface area contributed by atoms with Crippen LogP contribution in [0.15, 0.2) is 71.4 Å². The predicted molar refractivity (Wildman–Crippen MR) is 136 cm³/mol. The first-order valence-corrected chi connectivity index (χ1v) is 11.2. The van der Waals surface area contributed by atoms with Gasteiger partial charge >= 0.3 is 0 Å². The maximum Gasteiger partial charge on any atom is 0.248 e. The molecule has 0 aliphatic carbocycles. The molecule has 4 rings (SSSR count). The molecule has 168 valence electrons. The number of fused-ring (bicyclic) bond motifs is 1. The van der Waals surface area contributed by atoms with E-state index in [0.717, 1.165) is 44.5 Å². The average molecular weight is 460 g/mol. The molecule has 1 heterocycles. The first-order chi connectivity index (χ1) is 15.9. The van der Waals surface area contributed by atoms with Crippen LogP contribution in [0.1, 0.15) is 30.5 Å². The Bertz CT molecular complexity index is 1350. The van der Waals surface area contributed by atoms with Gasteiger partial charge in [-0.15, -0.1) is 0 Å². The van der Waals surface area contributed by atoms with E-state index in [0.29, 0.717) is 17.4 Å². The third-order valence-corrected chi connectivity index (χ3v) is 5.93. The van der Waals surface area contributed by atoms with Gasteiger partial charge in [0.15, 0.2) is 0 Å². The zero-order valence-corrected chi connectivity index (χ0v) is 19.9. The number of ether oxygens (including phenoxy) is 1. The fraction of sp³-hybridized carbons (Fsp3) is 0.179. The fourth-order valence-electron chi connectivity index (χ4n) is 3.76. The molecule has 0 atom stereocenters. The summed E-state index contributed by atoms with van der Waals surface area (Å²) in [7, 11) is 0. The topological polar surface area (TPSA) is 51.5 Å². The summed E-state index contributed by atoms with van der Waals surface area (Å²) in [6, 6.07) is 17.4. The molecule has 0 aliphatic heterocycles. The molecule has 1 N–H and O–H groups in total. The summed E-state index contributed by atoms with van der Waals surface area (Å²) in [5.74, 6) is 0.484. The highest BCUT2D eigenvalue weighted by Crippen LogP contribution is 2.37. The lowest BCUT2D eigenvalue weighted by Gasteiger charge is -2.12. The Hall–Kier alpha value is -3.50. The number of benzene rings is 3. The van der Waals surface area contributed by atoms with Crippen LogP contribution in [-0.4, -0.2) is 12.5 Å². The SMILES string of the molecule is CCOc1cc2occ(-c3ccc(Cl)cc3)c2cc1/C(C)=C/C(=O)Nc1ccc(C)c(C)c1. The van der Waals surface area contributed by atoms with Crippen LogP contribution in [0.4, 0.5) is 5.69 Å². The van der Waals surface area contributed by atoms with E-state index in [-0.39, 0.29) is 5.91 Å². The number of rotatable bonds is 6. The molecule has 0 unspecified atom stereocenters. The maximum atomic E-state index is 12.7. The van der Waals surface area contributed by atoms with Gasteiger partial charge in [0, 0.05) is 39.4 Å². The van der Waals surface area contributed by atoms with Gasteiger partial charge < -0.3 is 14.5 Å². The predicted octanol–water partition coefficient (Wildman–Crippen LogP) is 7.81. The van der Waals surface area contributed by atoms with Crippen LogP contribution in [0.3, 0.4) is 0 Å². The summed E-state index contributed by atoms with van der Waals surface area (Å²) < 4.78 is 11.7. The highest BCUT2D eigenvalue weighted by atomic mass is 35.5. The summed E-state index contributed by atoms with van der Waals surface area (Å²) >= 11 is 6.05. The van der Waals surface area contributed by atoms with Crippen LogP contribution in [0, 0.1) is 13.8 Å². The summed E-state index contributed by atoms with van der Waals surface area (Å²) in [6.45, 7) is 8.42. The minimum atomic E-state index is -0.191. The summed E-state index contributed by atoms with van der Waals surface area (Å²) in [5, 5.41) is 4.57. The first-order valence-electron chi connectivity index (χ1n) is 10.9. The molecule has 5 heteroatoms. The van der Waals surface area contributed by atoms with Gasteiger partial charge in [0.1, 0.15) is 11.3 Å². The molecule has 0 fully saturated rings. The Morgan fingerprint density at radius 3 is 2.52 bits per heavy atom. The smallest absolute Gasteiger partial charge is 0.248 e. The number of aryl methyl sites for hydroxylation is 2. The van der Waals surface area contributed by atoms with Gasteiger partial charge in [0.25, 0.3) is 0 Å². The molecular formula is C28H26ClNO3. The van der Waals surface area contributed by atoms with Crippen LogP contribution in [0.25, 0.3) is 27.7 Å². The second-order valence-electron chi connectivity index (χ2n) is 8.05. The van der Waals surface area contributed by atoms with E-state index in [4.69, 9.17) is 20.8 Å². The van der Waals surface area contributed by atoms with Gasteiger partial charge in [-0.25, -0.2) is 0 Å². The molecule has 33 heavy (non-hydrogen) atoms. The van der Waals surface area contributed by atoms with Gasteiger partial charge in [-0.2, -0.15) is 0 Å². The van der Waals surface area contributed by atoms with Gasteiger partial charge in [-0.1, -0.05) is 29.8 Å². The number of carbonyl (C=O) groups excluding carboxylic acids is 1. The van der Waals surface area contributed by atoms with Crippen molar-refractivity contribution in [2.45, 2.75) is 27.7 Å². The molecule has 0 saturated carbocycles. The molecule has 0 spiro atoms. The molecule has 4 aromatic rings. The number of carbonyl (C=O) groups is 1. The van der Waals surface area contributed by atoms with Crippen molar-refractivity contribution in [3.05, 3.63) is 88.6 Å². The maximum absolute atomic E-state index is 12.7. The quantitative estimate of drug-likeness (QED) is 0.299. The number of anilines is 1. The molecule has 4 nitrogen and oxygen atoms in total. The molecule has 0 saturated heterocycles. The number of furan rings is 1. The lowest BCUT2D eigenvalue weighted by Crippen LogP contribution is -2.09. The van der Waals surface area contributed by atoms with Gasteiger partial charge in [0.2, 0.25) is 5.91 Å². The van der Waals surface area contributed by atoms with Crippen molar-refractivity contribution in [2.24, 2.45) is 0 Å². The normalized spacial score (nSPS) is 11.6. The van der Waals surface area contributed by atoms with Crippen molar-refractivity contribution < 1.29 is 13.9 Å². The Labute approximate surface area is 198 Å². The third kappa shape index (κ3) is 4.96. The molecule has 0 radical (unpaired) electrons. The minimum Gasteiger partial charge on any atom is -0.493 e. The van der Waals surface area contributed by atoms with Crippen molar-refractivity contribution in [1.29, 1.82) is 0 Å². The Morgan fingerprint density at radius 2 is 1.82 bits per heavy atom. The summed E-state index contributed by atoms with van der Waals surface area (Å²) in [4.78, 5) is 12.7. The van der Waals surface area contributed by atoms with Gasteiger partial charge in [-0.05, 0) is 80.3 Å². The van der Waals surface area contributed by atoms with Crippen molar-refractivity contribution in [2.75, 3.05) is 11.9 Å². The molecule has 3 aromatic carbocycles. The first kappa shape index (κ1) is 22.7. The van der Waals surface area contributed by atoms with Crippen LogP contribution in [0.2, 0.25) is 5.02 Å². The highest BCUT2D eigenvalue weighted by molar-refractivity contribution is 6.30. The highest BCUT2D eigenvalue weighted by Gasteiger charge is 2.15. The van der Waals surface area contributed by atoms with Crippen molar-refractivity contribution in [1.82, 2.24) is 0 Å². The van der Waals surface area contributed by atoms with Crippen molar-refractivity contribution in [3.8, 4) is 16.9 Å².